The lowest BCUT2D eigenvalue weighted by Crippen LogP contribution is -2.68. The Hall–Kier alpha value is -2.76. The molecular formula is C26H34O11. The van der Waals surface area contributed by atoms with E-state index in [0.717, 1.165) is 0 Å². The van der Waals surface area contributed by atoms with Crippen LogP contribution in [0.1, 0.15) is 54.9 Å². The summed E-state index contributed by atoms with van der Waals surface area (Å²) < 4.78 is 28.5. The molecule has 0 radical (unpaired) electrons. The Morgan fingerprint density at radius 3 is 2.16 bits per heavy atom. The Bertz CT molecular complexity index is 1090. The third-order valence-electron chi connectivity index (χ3n) is 8.21. The predicted octanol–water partition coefficient (Wildman–Crippen LogP) is 0.889. The fourth-order valence-electron chi connectivity index (χ4n) is 6.52. The van der Waals surface area contributed by atoms with Gasteiger partial charge in [0.1, 0.15) is 30.0 Å². The first-order chi connectivity index (χ1) is 17.0. The zero-order chi connectivity index (χ0) is 27.7. The van der Waals surface area contributed by atoms with Crippen LogP contribution in [0.4, 0.5) is 0 Å². The first-order valence-electron chi connectivity index (χ1n) is 12.2. The molecule has 2 fully saturated rings. The van der Waals surface area contributed by atoms with Gasteiger partial charge >= 0.3 is 23.9 Å². The second kappa shape index (κ2) is 8.64. The second-order valence-corrected chi connectivity index (χ2v) is 11.1. The van der Waals surface area contributed by atoms with Crippen LogP contribution in [0.5, 0.6) is 0 Å². The number of epoxide rings is 1. The Labute approximate surface area is 214 Å². The molecule has 11 nitrogen and oxygen atoms in total. The molecule has 2 N–H and O–H groups in total. The van der Waals surface area contributed by atoms with Crippen molar-refractivity contribution in [2.24, 2.45) is 11.3 Å². The zero-order valence-electron chi connectivity index (χ0n) is 22.0. The lowest BCUT2D eigenvalue weighted by Gasteiger charge is -2.55. The van der Waals surface area contributed by atoms with Crippen molar-refractivity contribution in [2.75, 3.05) is 0 Å². The number of hydrogen-bond donors (Lipinski definition) is 2. The molecule has 2 heterocycles. The van der Waals surface area contributed by atoms with E-state index in [2.05, 4.69) is 0 Å². The molecule has 0 unspecified atom stereocenters. The van der Waals surface area contributed by atoms with Gasteiger partial charge in [-0.1, -0.05) is 18.6 Å². The van der Waals surface area contributed by atoms with E-state index in [1.54, 1.807) is 26.0 Å². The normalized spacial score (nSPS) is 47.7. The molecular weight excluding hydrogens is 488 g/mol. The van der Waals surface area contributed by atoms with E-state index in [0.29, 0.717) is 5.57 Å². The van der Waals surface area contributed by atoms with Crippen LogP contribution in [0.15, 0.2) is 23.8 Å². The van der Waals surface area contributed by atoms with Gasteiger partial charge in [-0.15, -0.1) is 0 Å². The molecule has 0 aromatic rings. The number of carbonyl (C=O) groups is 4. The SMILES string of the molecule is CC(=O)O[C@@H]1C/C(C)=C\[C@@H]2OC(=O)[C@]3(C)O[C@@]23[C@@H](OC(C)=O)[C@H]2[C@](C)(O)[C@H](OC(C)=O)C=C[C@@]2(C)[C@@H]1O. The topological polar surface area (TPSA) is 158 Å². The van der Waals surface area contributed by atoms with E-state index in [1.807, 2.05) is 0 Å². The van der Waals surface area contributed by atoms with Crippen molar-refractivity contribution in [3.8, 4) is 0 Å². The Kier molecular flexibility index (Phi) is 6.37. The van der Waals surface area contributed by atoms with E-state index in [4.69, 9.17) is 23.7 Å². The third kappa shape index (κ3) is 3.98. The van der Waals surface area contributed by atoms with E-state index >= 15 is 0 Å². The molecule has 2 aliphatic carbocycles. The van der Waals surface area contributed by atoms with Crippen molar-refractivity contribution in [3.05, 3.63) is 23.8 Å². The molecule has 37 heavy (non-hydrogen) atoms. The number of fused-ring (bicyclic) bond motifs is 1. The summed E-state index contributed by atoms with van der Waals surface area (Å²) in [5.74, 6) is -3.91. The number of ether oxygens (including phenoxy) is 5. The molecule has 2 aliphatic heterocycles. The van der Waals surface area contributed by atoms with Crippen LogP contribution in [0, 0.1) is 11.3 Å². The number of esters is 4. The van der Waals surface area contributed by atoms with Crippen molar-refractivity contribution in [3.63, 3.8) is 0 Å². The fraction of sp³-hybridized carbons (Fsp3) is 0.692. The lowest BCUT2D eigenvalue weighted by molar-refractivity contribution is -0.222. The molecule has 10 atom stereocenters. The Morgan fingerprint density at radius 1 is 1.03 bits per heavy atom. The van der Waals surface area contributed by atoms with Gasteiger partial charge in [0.05, 0.1) is 0 Å². The van der Waals surface area contributed by atoms with Crippen LogP contribution in [0.2, 0.25) is 0 Å². The fourth-order valence-corrected chi connectivity index (χ4v) is 6.52. The van der Waals surface area contributed by atoms with E-state index in [-0.39, 0.29) is 6.42 Å². The minimum absolute atomic E-state index is 0.0888. The van der Waals surface area contributed by atoms with Crippen LogP contribution in [-0.2, 0) is 42.9 Å². The molecule has 0 bridgehead atoms. The largest absolute Gasteiger partial charge is 0.459 e. The quantitative estimate of drug-likeness (QED) is 0.235. The molecule has 1 spiro atoms. The summed E-state index contributed by atoms with van der Waals surface area (Å²) in [4.78, 5) is 49.3. The highest BCUT2D eigenvalue weighted by Crippen LogP contribution is 2.65. The van der Waals surface area contributed by atoms with Crippen molar-refractivity contribution in [2.45, 2.75) is 102 Å². The lowest BCUT2D eigenvalue weighted by atomic mass is 9.55. The molecule has 0 aromatic carbocycles. The average Bonchev–Trinajstić information content (AvgIpc) is 3.34. The predicted molar refractivity (Wildman–Crippen MR) is 125 cm³/mol. The molecule has 204 valence electrons. The maximum atomic E-state index is 12.9. The van der Waals surface area contributed by atoms with E-state index < -0.39 is 82.5 Å². The second-order valence-electron chi connectivity index (χ2n) is 11.1. The number of aliphatic hydroxyl groups is 2. The van der Waals surface area contributed by atoms with Gasteiger partial charge in [-0.05, 0) is 32.9 Å². The van der Waals surface area contributed by atoms with Gasteiger partial charge in [-0.2, -0.15) is 0 Å². The van der Waals surface area contributed by atoms with Crippen LogP contribution in [-0.4, -0.2) is 81.4 Å². The van der Waals surface area contributed by atoms with Crippen LogP contribution in [0.25, 0.3) is 0 Å². The summed E-state index contributed by atoms with van der Waals surface area (Å²) in [5.41, 5.74) is -5.78. The highest BCUT2D eigenvalue weighted by molar-refractivity contribution is 5.89. The highest BCUT2D eigenvalue weighted by atomic mass is 16.7. The Balaban J connectivity index is 2.00. The number of aliphatic hydroxyl groups excluding tert-OH is 1. The van der Waals surface area contributed by atoms with E-state index in [1.165, 1.54) is 40.7 Å². The number of carbonyl (C=O) groups excluding carboxylic acids is 4. The van der Waals surface area contributed by atoms with Crippen molar-refractivity contribution >= 4 is 23.9 Å². The highest BCUT2D eigenvalue weighted by Gasteiger charge is 2.87. The van der Waals surface area contributed by atoms with Gasteiger partial charge in [0.15, 0.2) is 17.3 Å². The van der Waals surface area contributed by atoms with Gasteiger partial charge in [0, 0.05) is 38.5 Å². The summed E-state index contributed by atoms with van der Waals surface area (Å²) in [6.07, 6.45) is -1.33. The summed E-state index contributed by atoms with van der Waals surface area (Å²) in [6.45, 7) is 9.85. The van der Waals surface area contributed by atoms with Crippen molar-refractivity contribution in [1.29, 1.82) is 0 Å². The summed E-state index contributed by atoms with van der Waals surface area (Å²) >= 11 is 0. The van der Waals surface area contributed by atoms with Crippen molar-refractivity contribution < 1.29 is 53.1 Å². The van der Waals surface area contributed by atoms with Crippen LogP contribution >= 0.6 is 0 Å². The monoisotopic (exact) mass is 522 g/mol. The zero-order valence-corrected chi connectivity index (χ0v) is 22.0. The maximum Gasteiger partial charge on any atom is 0.342 e. The standard InChI is InChI=1S/C26H34O11/c1-12-10-16(33-13(2)27)20(30)23(5)9-8-17(34-14(3)28)24(6,32)19(23)21(35-15(4)29)26-18(11-12)36-22(31)25(26,7)37-26/h8-9,11,16-21,30,32H,10H2,1-7H3/b12-11-/t16-,17-,18+,19-,20-,21+,23-,24-,25+,26-/m1/s1. The molecule has 11 heteroatoms. The molecule has 0 amide bonds. The first kappa shape index (κ1) is 27.3. The molecule has 4 aliphatic rings. The van der Waals surface area contributed by atoms with Gasteiger partial charge in [-0.25, -0.2) is 4.79 Å². The van der Waals surface area contributed by atoms with Crippen molar-refractivity contribution in [1.82, 2.24) is 0 Å². The number of rotatable bonds is 3. The van der Waals surface area contributed by atoms with Gasteiger partial charge < -0.3 is 33.9 Å². The average molecular weight is 523 g/mol. The molecule has 0 aromatic heterocycles. The van der Waals surface area contributed by atoms with E-state index in [9.17, 15) is 29.4 Å². The smallest absolute Gasteiger partial charge is 0.342 e. The van der Waals surface area contributed by atoms with Crippen LogP contribution < -0.4 is 0 Å². The molecule has 4 rings (SSSR count). The number of hydrogen-bond acceptors (Lipinski definition) is 11. The van der Waals surface area contributed by atoms with Gasteiger partial charge in [0.2, 0.25) is 0 Å². The first-order valence-corrected chi connectivity index (χ1v) is 12.2. The summed E-state index contributed by atoms with van der Waals surface area (Å²) in [5, 5.41) is 23.8. The maximum absolute atomic E-state index is 12.9. The minimum atomic E-state index is -1.95. The summed E-state index contributed by atoms with van der Waals surface area (Å²) in [7, 11) is 0. The Morgan fingerprint density at radius 2 is 1.62 bits per heavy atom. The van der Waals surface area contributed by atoms with Gasteiger partial charge in [0.25, 0.3) is 0 Å². The van der Waals surface area contributed by atoms with Crippen LogP contribution in [0.3, 0.4) is 0 Å². The third-order valence-corrected chi connectivity index (χ3v) is 8.21. The molecule has 2 saturated heterocycles. The van der Waals surface area contributed by atoms with Gasteiger partial charge in [-0.3, -0.25) is 14.4 Å². The minimum Gasteiger partial charge on any atom is -0.459 e. The summed E-state index contributed by atoms with van der Waals surface area (Å²) in [6, 6.07) is 0. The molecule has 0 saturated carbocycles.